The Kier molecular flexibility index (Phi) is 6.18. The fraction of sp³-hybridized carbons (Fsp3) is 0.333. The quantitative estimate of drug-likeness (QED) is 0.427. The number of nitrogens with one attached hydrogen (secondary N) is 1. The summed E-state index contributed by atoms with van der Waals surface area (Å²) in [5, 5.41) is 20.9. The first-order valence-corrected chi connectivity index (χ1v) is 12.8. The number of rotatable bonds is 6. The van der Waals surface area contributed by atoms with E-state index >= 15 is 0 Å². The van der Waals surface area contributed by atoms with E-state index in [-0.39, 0.29) is 6.54 Å². The van der Waals surface area contributed by atoms with Gasteiger partial charge < -0.3 is 19.9 Å². The fourth-order valence-electron chi connectivity index (χ4n) is 4.93. The molecule has 10 nitrogen and oxygen atoms in total. The molecule has 0 spiro atoms. The number of carbonyl (C=O) groups is 1. The van der Waals surface area contributed by atoms with Gasteiger partial charge in [-0.2, -0.15) is 17.0 Å². The molecule has 1 aromatic carbocycles. The summed E-state index contributed by atoms with van der Waals surface area (Å²) in [6.07, 6.45) is 3.83. The van der Waals surface area contributed by atoms with Crippen LogP contribution in [0.1, 0.15) is 31.0 Å². The van der Waals surface area contributed by atoms with Crippen LogP contribution in [-0.2, 0) is 10.2 Å². The van der Waals surface area contributed by atoms with Gasteiger partial charge in [0.25, 0.3) is 0 Å². The van der Waals surface area contributed by atoms with Gasteiger partial charge in [-0.25, -0.2) is 14.2 Å². The van der Waals surface area contributed by atoms with Gasteiger partial charge in [0.15, 0.2) is 0 Å². The number of hydrogen-bond donors (Lipinski definition) is 3. The van der Waals surface area contributed by atoms with Crippen molar-refractivity contribution in [3.8, 4) is 16.9 Å². The van der Waals surface area contributed by atoms with Gasteiger partial charge in [0.1, 0.15) is 17.2 Å². The number of β-amino-alcohol motifs (C(OH)–C–C–N with tert-alkyl or cyclic N) is 1. The first-order valence-electron chi connectivity index (χ1n) is 11.4. The number of ether oxygens (including phenoxy) is 1. The van der Waals surface area contributed by atoms with Crippen molar-refractivity contribution in [2.24, 2.45) is 0 Å². The summed E-state index contributed by atoms with van der Waals surface area (Å²) in [4.78, 5) is 19.4. The Morgan fingerprint density at radius 3 is 2.72 bits per heavy atom. The second-order valence-electron chi connectivity index (χ2n) is 8.80. The summed E-state index contributed by atoms with van der Waals surface area (Å²) in [6.45, 7) is -0.243. The molecular weight excluding hydrogens is 491 g/mol. The molecule has 1 aliphatic heterocycles. The number of amides is 1. The third kappa shape index (κ3) is 4.00. The van der Waals surface area contributed by atoms with Gasteiger partial charge in [0, 0.05) is 29.4 Å². The van der Waals surface area contributed by atoms with Crippen molar-refractivity contribution >= 4 is 27.3 Å². The molecule has 0 bridgehead atoms. The van der Waals surface area contributed by atoms with Crippen LogP contribution in [0.5, 0.6) is 5.75 Å². The molecule has 1 saturated heterocycles. The number of halogens is 1. The standard InChI is InChI=1S/C24H25FN4O6S/c1-35-21-8-7-14(25)11-17(21)16-9-10-26-23-18(16)12-19(27-23)22-20(30)13-28(22)36(33,34)29(24(31)32)15-5-3-2-4-6-15/h2-3,7-12,15,20,22,30H,4-6,13H2,1H3,(H,26,27)(H,31,32). The predicted molar refractivity (Wildman–Crippen MR) is 129 cm³/mol. The third-order valence-corrected chi connectivity index (χ3v) is 8.59. The van der Waals surface area contributed by atoms with E-state index in [1.165, 1.54) is 31.5 Å². The van der Waals surface area contributed by atoms with Crippen LogP contribution in [0.2, 0.25) is 0 Å². The maximum atomic E-state index is 14.1. The minimum absolute atomic E-state index is 0.243. The lowest BCUT2D eigenvalue weighted by molar-refractivity contribution is -0.0153. The molecule has 0 saturated carbocycles. The van der Waals surface area contributed by atoms with Gasteiger partial charge in [-0.05, 0) is 55.2 Å². The number of methoxy groups -OCH3 is 1. The molecule has 3 N–H and O–H groups in total. The fourth-order valence-corrected chi connectivity index (χ4v) is 6.80. The molecule has 3 unspecified atom stereocenters. The van der Waals surface area contributed by atoms with Crippen molar-refractivity contribution in [2.75, 3.05) is 13.7 Å². The number of benzene rings is 1. The molecule has 36 heavy (non-hydrogen) atoms. The zero-order valence-corrected chi connectivity index (χ0v) is 20.2. The number of aromatic nitrogens is 2. The van der Waals surface area contributed by atoms with E-state index in [2.05, 4.69) is 9.97 Å². The number of aliphatic hydroxyl groups excluding tert-OH is 1. The highest BCUT2D eigenvalue weighted by molar-refractivity contribution is 7.87. The molecule has 3 atom stereocenters. The Balaban J connectivity index is 1.54. The predicted octanol–water partition coefficient (Wildman–Crippen LogP) is 3.43. The van der Waals surface area contributed by atoms with E-state index in [0.29, 0.717) is 57.2 Å². The molecular formula is C24H25FN4O6S. The van der Waals surface area contributed by atoms with Crippen molar-refractivity contribution in [1.29, 1.82) is 0 Å². The largest absolute Gasteiger partial charge is 0.496 e. The summed E-state index contributed by atoms with van der Waals surface area (Å²) >= 11 is 0. The lowest BCUT2D eigenvalue weighted by atomic mass is 9.98. The topological polar surface area (TPSA) is 136 Å². The molecule has 3 aromatic rings. The smallest absolute Gasteiger partial charge is 0.422 e. The van der Waals surface area contributed by atoms with Crippen LogP contribution in [0.15, 0.2) is 48.7 Å². The number of aromatic amines is 1. The number of hydrogen-bond acceptors (Lipinski definition) is 6. The third-order valence-electron chi connectivity index (χ3n) is 6.67. The average molecular weight is 517 g/mol. The molecule has 190 valence electrons. The molecule has 1 fully saturated rings. The number of nitrogens with zero attached hydrogens (tertiary/aromatic N) is 3. The highest BCUT2D eigenvalue weighted by Gasteiger charge is 2.51. The second kappa shape index (κ2) is 9.19. The normalized spacial score (nSPS) is 22.4. The van der Waals surface area contributed by atoms with E-state index in [9.17, 15) is 27.8 Å². The molecule has 1 amide bonds. The van der Waals surface area contributed by atoms with E-state index < -0.39 is 40.3 Å². The van der Waals surface area contributed by atoms with Gasteiger partial charge in [-0.15, -0.1) is 0 Å². The number of pyridine rings is 1. The number of allylic oxidation sites excluding steroid dienone is 1. The van der Waals surface area contributed by atoms with Gasteiger partial charge in [-0.3, -0.25) is 0 Å². The van der Waals surface area contributed by atoms with Gasteiger partial charge >= 0.3 is 16.3 Å². The van der Waals surface area contributed by atoms with Crippen LogP contribution in [0.25, 0.3) is 22.2 Å². The minimum Gasteiger partial charge on any atom is -0.496 e. The van der Waals surface area contributed by atoms with Crippen molar-refractivity contribution in [1.82, 2.24) is 18.6 Å². The molecule has 2 aliphatic rings. The number of carboxylic acid groups (broad SMARTS) is 1. The maximum Gasteiger partial charge on any atom is 0.422 e. The Morgan fingerprint density at radius 1 is 1.25 bits per heavy atom. The molecule has 0 radical (unpaired) electrons. The van der Waals surface area contributed by atoms with Gasteiger partial charge in [0.05, 0.1) is 25.3 Å². The summed E-state index contributed by atoms with van der Waals surface area (Å²) in [5.41, 5.74) is 1.83. The molecule has 12 heteroatoms. The van der Waals surface area contributed by atoms with Gasteiger partial charge in [-0.1, -0.05) is 12.2 Å². The number of aliphatic hydroxyl groups is 1. The highest BCUT2D eigenvalue weighted by Crippen LogP contribution is 2.41. The van der Waals surface area contributed by atoms with Crippen LogP contribution < -0.4 is 4.74 Å². The van der Waals surface area contributed by atoms with Crippen molar-refractivity contribution in [3.63, 3.8) is 0 Å². The highest BCUT2D eigenvalue weighted by atomic mass is 32.2. The number of H-pyrrole nitrogens is 1. The Labute approximate surface area is 206 Å². The zero-order valence-electron chi connectivity index (χ0n) is 19.3. The summed E-state index contributed by atoms with van der Waals surface area (Å²) < 4.78 is 47.8. The van der Waals surface area contributed by atoms with Crippen LogP contribution in [0.4, 0.5) is 9.18 Å². The van der Waals surface area contributed by atoms with Gasteiger partial charge in [0.2, 0.25) is 0 Å². The SMILES string of the molecule is COc1ccc(F)cc1-c1ccnc2[nH]c(C3C(O)CN3S(=O)(=O)N(C(=O)O)C3CC=CCC3)cc12. The molecule has 5 rings (SSSR count). The van der Waals surface area contributed by atoms with E-state index in [4.69, 9.17) is 4.74 Å². The Bertz CT molecular complexity index is 1460. The van der Waals surface area contributed by atoms with E-state index in [1.54, 1.807) is 18.2 Å². The van der Waals surface area contributed by atoms with Crippen LogP contribution >= 0.6 is 0 Å². The van der Waals surface area contributed by atoms with E-state index in [0.717, 1.165) is 4.31 Å². The Morgan fingerprint density at radius 2 is 2.06 bits per heavy atom. The van der Waals surface area contributed by atoms with Crippen LogP contribution in [-0.4, -0.2) is 69.1 Å². The first-order chi connectivity index (χ1) is 17.2. The van der Waals surface area contributed by atoms with Crippen LogP contribution in [0, 0.1) is 5.82 Å². The average Bonchev–Trinajstić information content (AvgIpc) is 3.25. The van der Waals surface area contributed by atoms with Crippen LogP contribution in [0.3, 0.4) is 0 Å². The summed E-state index contributed by atoms with van der Waals surface area (Å²) in [5.74, 6) is -0.0114. The molecule has 2 aromatic heterocycles. The number of fused-ring (bicyclic) bond motifs is 1. The lowest BCUT2D eigenvalue weighted by Gasteiger charge is -2.46. The maximum absolute atomic E-state index is 14.1. The van der Waals surface area contributed by atoms with E-state index in [1.807, 2.05) is 6.08 Å². The molecule has 1 aliphatic carbocycles. The lowest BCUT2D eigenvalue weighted by Crippen LogP contribution is -2.62. The Hall–Kier alpha value is -3.48. The summed E-state index contributed by atoms with van der Waals surface area (Å²) in [7, 11) is -2.97. The van der Waals surface area contributed by atoms with Crippen molar-refractivity contribution in [3.05, 3.63) is 60.2 Å². The van der Waals surface area contributed by atoms with Crippen molar-refractivity contribution in [2.45, 2.75) is 37.5 Å². The minimum atomic E-state index is -4.45. The summed E-state index contributed by atoms with van der Waals surface area (Å²) in [6, 6.07) is 5.71. The zero-order chi connectivity index (χ0) is 25.6. The second-order valence-corrected chi connectivity index (χ2v) is 10.6. The monoisotopic (exact) mass is 516 g/mol. The van der Waals surface area contributed by atoms with Crippen molar-refractivity contribution < 1.29 is 32.6 Å². The molecule has 3 heterocycles. The first kappa shape index (κ1) is 24.2.